The summed E-state index contributed by atoms with van der Waals surface area (Å²) in [5, 5.41) is 9.42. The fraction of sp³-hybridized carbons (Fsp3) is 0.333. The number of esters is 1. The largest absolute Gasteiger partial charge is 0.445 e. The van der Waals surface area contributed by atoms with E-state index in [2.05, 4.69) is 26.0 Å². The molecule has 38 heavy (non-hydrogen) atoms. The van der Waals surface area contributed by atoms with Gasteiger partial charge in [-0.15, -0.1) is 0 Å². The zero-order chi connectivity index (χ0) is 27.8. The number of hydrogen-bond donors (Lipinski definition) is 4. The SMILES string of the molecule is CC(=O)OCNC(=O)CNC(=O)[C@H](C)NC(=O)[C@H](C)NC(=O)C(=O)CC1c2ccccc2-c2ccccc21. The minimum absolute atomic E-state index is 0.0491. The molecule has 0 saturated heterocycles. The van der Waals surface area contributed by atoms with Gasteiger partial charge in [0.1, 0.15) is 12.1 Å². The highest BCUT2D eigenvalue weighted by Gasteiger charge is 2.32. The summed E-state index contributed by atoms with van der Waals surface area (Å²) in [5.41, 5.74) is 4.01. The van der Waals surface area contributed by atoms with E-state index in [0.29, 0.717) is 0 Å². The Morgan fingerprint density at radius 2 is 1.34 bits per heavy atom. The fourth-order valence-corrected chi connectivity index (χ4v) is 4.11. The van der Waals surface area contributed by atoms with Gasteiger partial charge < -0.3 is 26.0 Å². The Balaban J connectivity index is 1.48. The van der Waals surface area contributed by atoms with Crippen molar-refractivity contribution in [1.82, 2.24) is 21.3 Å². The molecule has 11 heteroatoms. The third kappa shape index (κ3) is 7.02. The van der Waals surface area contributed by atoms with Crippen LogP contribution in [0.15, 0.2) is 48.5 Å². The van der Waals surface area contributed by atoms with Gasteiger partial charge in [0.25, 0.3) is 5.91 Å². The highest BCUT2D eigenvalue weighted by atomic mass is 16.5. The normalized spacial score (nSPS) is 13.2. The summed E-state index contributed by atoms with van der Waals surface area (Å²) in [7, 11) is 0. The molecule has 1 aliphatic carbocycles. The van der Waals surface area contributed by atoms with Crippen molar-refractivity contribution in [1.29, 1.82) is 0 Å². The second-order valence-corrected chi connectivity index (χ2v) is 8.88. The summed E-state index contributed by atoms with van der Waals surface area (Å²) >= 11 is 0. The third-order valence-electron chi connectivity index (χ3n) is 6.07. The molecule has 4 amide bonds. The summed E-state index contributed by atoms with van der Waals surface area (Å²) in [5.74, 6) is -4.30. The van der Waals surface area contributed by atoms with Crippen molar-refractivity contribution >= 4 is 35.4 Å². The standard InChI is InChI=1S/C27H30N4O7/c1-15(25(35)28-13-24(34)29-14-38-17(3)32)30-26(36)16(2)31-27(37)23(33)12-22-20-10-6-4-8-18(20)19-9-5-7-11-21(19)22/h4-11,15-16,22H,12-14H2,1-3H3,(H,28,35)(H,29,34)(H,30,36)(H,31,37)/t15-,16-/m0/s1. The maximum atomic E-state index is 12.8. The van der Waals surface area contributed by atoms with Gasteiger partial charge in [0.2, 0.25) is 23.5 Å². The molecule has 2 atom stereocenters. The molecule has 0 unspecified atom stereocenters. The summed E-state index contributed by atoms with van der Waals surface area (Å²) in [6.45, 7) is 3.26. The molecule has 4 N–H and O–H groups in total. The van der Waals surface area contributed by atoms with Crippen LogP contribution in [-0.2, 0) is 33.5 Å². The molecule has 11 nitrogen and oxygen atoms in total. The number of amides is 4. The summed E-state index contributed by atoms with van der Waals surface area (Å²) in [4.78, 5) is 72.4. The Bertz CT molecular complexity index is 1210. The second-order valence-electron chi connectivity index (χ2n) is 8.88. The van der Waals surface area contributed by atoms with E-state index in [1.807, 2.05) is 48.5 Å². The van der Waals surface area contributed by atoms with Crippen molar-refractivity contribution in [3.8, 4) is 11.1 Å². The van der Waals surface area contributed by atoms with Crippen LogP contribution in [-0.4, -0.2) is 60.7 Å². The Morgan fingerprint density at radius 1 is 0.789 bits per heavy atom. The van der Waals surface area contributed by atoms with Gasteiger partial charge in [-0.1, -0.05) is 48.5 Å². The zero-order valence-corrected chi connectivity index (χ0v) is 21.3. The van der Waals surface area contributed by atoms with Gasteiger partial charge >= 0.3 is 5.97 Å². The lowest BCUT2D eigenvalue weighted by molar-refractivity contribution is -0.143. The van der Waals surface area contributed by atoms with Crippen molar-refractivity contribution in [3.63, 3.8) is 0 Å². The Morgan fingerprint density at radius 3 is 1.92 bits per heavy atom. The molecule has 0 bridgehead atoms. The van der Waals surface area contributed by atoms with Gasteiger partial charge in [-0.3, -0.25) is 28.8 Å². The molecule has 0 aliphatic heterocycles. The Labute approximate surface area is 219 Å². The Kier molecular flexibility index (Phi) is 9.31. The molecule has 0 aromatic heterocycles. The van der Waals surface area contributed by atoms with E-state index in [1.54, 1.807) is 0 Å². The average Bonchev–Trinajstić information content (AvgIpc) is 3.20. The van der Waals surface area contributed by atoms with Crippen LogP contribution in [0.2, 0.25) is 0 Å². The number of hydrogen-bond acceptors (Lipinski definition) is 7. The molecule has 200 valence electrons. The van der Waals surface area contributed by atoms with E-state index in [-0.39, 0.29) is 19.1 Å². The molecule has 0 spiro atoms. The van der Waals surface area contributed by atoms with Gasteiger partial charge in [-0.25, -0.2) is 0 Å². The molecule has 0 saturated carbocycles. The van der Waals surface area contributed by atoms with Crippen LogP contribution in [0.5, 0.6) is 0 Å². The van der Waals surface area contributed by atoms with Crippen LogP contribution in [0.4, 0.5) is 0 Å². The fourth-order valence-electron chi connectivity index (χ4n) is 4.11. The van der Waals surface area contributed by atoms with E-state index in [1.165, 1.54) is 20.8 Å². The van der Waals surface area contributed by atoms with E-state index >= 15 is 0 Å². The van der Waals surface area contributed by atoms with Gasteiger partial charge in [-0.2, -0.15) is 0 Å². The monoisotopic (exact) mass is 522 g/mol. The van der Waals surface area contributed by atoms with E-state index in [0.717, 1.165) is 22.3 Å². The molecule has 2 aromatic rings. The number of carbonyl (C=O) groups is 6. The molecular weight excluding hydrogens is 492 g/mol. The number of ketones is 1. The number of nitrogens with one attached hydrogen (secondary N) is 4. The van der Waals surface area contributed by atoms with Crippen molar-refractivity contribution in [2.24, 2.45) is 0 Å². The van der Waals surface area contributed by atoms with Crippen LogP contribution in [0.1, 0.15) is 44.2 Å². The predicted molar refractivity (Wildman–Crippen MR) is 136 cm³/mol. The Hall–Kier alpha value is -4.54. The number of benzene rings is 2. The molecule has 0 fully saturated rings. The first-order chi connectivity index (χ1) is 18.1. The van der Waals surface area contributed by atoms with Gasteiger partial charge in [0.05, 0.1) is 6.54 Å². The molecule has 1 aliphatic rings. The number of rotatable bonds is 11. The maximum Gasteiger partial charge on any atom is 0.304 e. The number of Topliss-reactive ketones (excluding diaryl/α,β-unsaturated/α-hetero) is 1. The number of carbonyl (C=O) groups excluding carboxylic acids is 6. The first-order valence-corrected chi connectivity index (χ1v) is 12.1. The van der Waals surface area contributed by atoms with E-state index in [4.69, 9.17) is 0 Å². The van der Waals surface area contributed by atoms with Crippen LogP contribution < -0.4 is 21.3 Å². The highest BCUT2D eigenvalue weighted by molar-refractivity contribution is 6.36. The smallest absolute Gasteiger partial charge is 0.304 e. The zero-order valence-electron chi connectivity index (χ0n) is 21.3. The summed E-state index contributed by atoms with van der Waals surface area (Å²) in [6, 6.07) is 13.4. The van der Waals surface area contributed by atoms with E-state index < -0.39 is 54.0 Å². The van der Waals surface area contributed by atoms with Crippen molar-refractivity contribution in [2.75, 3.05) is 13.3 Å². The van der Waals surface area contributed by atoms with Crippen molar-refractivity contribution in [3.05, 3.63) is 59.7 Å². The molecule has 0 radical (unpaired) electrons. The molecule has 2 aromatic carbocycles. The third-order valence-corrected chi connectivity index (χ3v) is 6.07. The molecular formula is C27H30N4O7. The van der Waals surface area contributed by atoms with Gasteiger partial charge in [0.15, 0.2) is 6.73 Å². The summed E-state index contributed by atoms with van der Waals surface area (Å²) < 4.78 is 4.56. The lowest BCUT2D eigenvalue weighted by atomic mass is 9.91. The van der Waals surface area contributed by atoms with Crippen LogP contribution in [0.25, 0.3) is 11.1 Å². The lowest BCUT2D eigenvalue weighted by Crippen LogP contribution is -2.53. The predicted octanol–water partition coefficient (Wildman–Crippen LogP) is 0.521. The minimum atomic E-state index is -1.09. The molecule has 0 heterocycles. The van der Waals surface area contributed by atoms with Gasteiger partial charge in [0, 0.05) is 19.3 Å². The number of fused-ring (bicyclic) bond motifs is 3. The first-order valence-electron chi connectivity index (χ1n) is 12.1. The van der Waals surface area contributed by atoms with Gasteiger partial charge in [-0.05, 0) is 36.1 Å². The summed E-state index contributed by atoms with van der Waals surface area (Å²) in [6.07, 6.45) is -0.0491. The highest BCUT2D eigenvalue weighted by Crippen LogP contribution is 2.46. The maximum absolute atomic E-state index is 12.8. The minimum Gasteiger partial charge on any atom is -0.445 e. The topological polar surface area (TPSA) is 160 Å². The quantitative estimate of drug-likeness (QED) is 0.190. The lowest BCUT2D eigenvalue weighted by Gasteiger charge is -2.18. The van der Waals surface area contributed by atoms with Crippen LogP contribution in [0, 0.1) is 0 Å². The second kappa shape index (κ2) is 12.6. The van der Waals surface area contributed by atoms with E-state index in [9.17, 15) is 28.8 Å². The van der Waals surface area contributed by atoms with Crippen LogP contribution in [0.3, 0.4) is 0 Å². The van der Waals surface area contributed by atoms with Crippen LogP contribution >= 0.6 is 0 Å². The molecule has 3 rings (SSSR count). The van der Waals surface area contributed by atoms with Crippen molar-refractivity contribution in [2.45, 2.75) is 45.2 Å². The van der Waals surface area contributed by atoms with Crippen molar-refractivity contribution < 1.29 is 33.5 Å². The first kappa shape index (κ1) is 28.0. The number of ether oxygens (including phenoxy) is 1. The average molecular weight is 523 g/mol.